The number of ether oxygens (including phenoxy) is 3. The van der Waals surface area contributed by atoms with Crippen LogP contribution in [-0.2, 0) is 6.54 Å². The van der Waals surface area contributed by atoms with Crippen LogP contribution in [0.2, 0.25) is 0 Å². The number of halogens is 2. The number of nitrogens with one attached hydrogen (secondary N) is 1. The Labute approximate surface area is 144 Å². The third kappa shape index (κ3) is 5.34. The van der Waals surface area contributed by atoms with E-state index in [1.807, 2.05) is 12.1 Å². The first-order chi connectivity index (χ1) is 12.0. The molecule has 7 heteroatoms. The van der Waals surface area contributed by atoms with Gasteiger partial charge in [-0.15, -0.1) is 0 Å². The molecule has 0 saturated heterocycles. The van der Waals surface area contributed by atoms with E-state index in [4.69, 9.17) is 9.47 Å². The van der Waals surface area contributed by atoms with Crippen molar-refractivity contribution in [2.75, 3.05) is 13.7 Å². The van der Waals surface area contributed by atoms with Crippen molar-refractivity contribution in [3.8, 4) is 17.2 Å². The van der Waals surface area contributed by atoms with Crippen LogP contribution in [0.15, 0.2) is 42.5 Å². The number of methoxy groups -OCH3 is 1. The van der Waals surface area contributed by atoms with E-state index in [2.05, 4.69) is 10.1 Å². The van der Waals surface area contributed by atoms with Crippen molar-refractivity contribution in [2.24, 2.45) is 0 Å². The number of carbonyl (C=O) groups is 1. The molecule has 134 valence electrons. The van der Waals surface area contributed by atoms with Crippen LogP contribution < -0.4 is 19.5 Å². The van der Waals surface area contributed by atoms with Gasteiger partial charge in [-0.05, 0) is 42.8 Å². The minimum atomic E-state index is -2.96. The summed E-state index contributed by atoms with van der Waals surface area (Å²) >= 11 is 0. The molecule has 5 nitrogen and oxygen atoms in total. The van der Waals surface area contributed by atoms with Crippen molar-refractivity contribution in [3.63, 3.8) is 0 Å². The number of carbonyl (C=O) groups excluding carboxylic acids is 1. The van der Waals surface area contributed by atoms with Gasteiger partial charge in [0.05, 0.1) is 13.7 Å². The zero-order chi connectivity index (χ0) is 18.2. The molecule has 0 aliphatic carbocycles. The Morgan fingerprint density at radius 1 is 1.12 bits per heavy atom. The van der Waals surface area contributed by atoms with Gasteiger partial charge in [-0.1, -0.05) is 12.1 Å². The summed E-state index contributed by atoms with van der Waals surface area (Å²) in [6, 6.07) is 11.3. The van der Waals surface area contributed by atoms with Gasteiger partial charge in [-0.2, -0.15) is 8.78 Å². The highest BCUT2D eigenvalue weighted by Crippen LogP contribution is 2.29. The van der Waals surface area contributed by atoms with E-state index in [-0.39, 0.29) is 24.0 Å². The lowest BCUT2D eigenvalue weighted by molar-refractivity contribution is -0.0514. The number of alkyl halides is 2. The molecule has 25 heavy (non-hydrogen) atoms. The zero-order valence-corrected chi connectivity index (χ0v) is 13.9. The monoisotopic (exact) mass is 351 g/mol. The van der Waals surface area contributed by atoms with Crippen molar-refractivity contribution in [2.45, 2.75) is 20.1 Å². The third-order valence-corrected chi connectivity index (χ3v) is 3.33. The molecule has 0 saturated carbocycles. The van der Waals surface area contributed by atoms with Crippen molar-refractivity contribution < 1.29 is 27.8 Å². The highest BCUT2D eigenvalue weighted by Gasteiger charge is 2.14. The van der Waals surface area contributed by atoms with Gasteiger partial charge in [0.2, 0.25) is 0 Å². The van der Waals surface area contributed by atoms with Crippen LogP contribution in [0.4, 0.5) is 8.78 Å². The smallest absolute Gasteiger partial charge is 0.387 e. The summed E-state index contributed by atoms with van der Waals surface area (Å²) in [6.07, 6.45) is 0. The molecule has 0 heterocycles. The molecule has 1 N–H and O–H groups in total. The first kappa shape index (κ1) is 18.5. The molecule has 2 aromatic rings. The number of hydrogen-bond donors (Lipinski definition) is 1. The van der Waals surface area contributed by atoms with Crippen molar-refractivity contribution in [1.29, 1.82) is 0 Å². The Hall–Kier alpha value is -2.83. The quantitative estimate of drug-likeness (QED) is 0.789. The zero-order valence-electron chi connectivity index (χ0n) is 13.9. The van der Waals surface area contributed by atoms with Crippen LogP contribution in [0.25, 0.3) is 0 Å². The average molecular weight is 351 g/mol. The van der Waals surface area contributed by atoms with E-state index >= 15 is 0 Å². The normalized spacial score (nSPS) is 10.4. The molecule has 0 radical (unpaired) electrons. The summed E-state index contributed by atoms with van der Waals surface area (Å²) in [6.45, 7) is -0.671. The topological polar surface area (TPSA) is 56.8 Å². The molecule has 0 bridgehead atoms. The van der Waals surface area contributed by atoms with Gasteiger partial charge in [0.1, 0.15) is 5.75 Å². The Morgan fingerprint density at radius 3 is 2.44 bits per heavy atom. The predicted molar refractivity (Wildman–Crippen MR) is 88.4 cm³/mol. The molecule has 0 aromatic heterocycles. The summed E-state index contributed by atoms with van der Waals surface area (Å²) in [7, 11) is 1.58. The molecule has 2 rings (SSSR count). The molecule has 0 unspecified atom stereocenters. The summed E-state index contributed by atoms with van der Waals surface area (Å²) in [5, 5.41) is 2.76. The molecule has 2 aromatic carbocycles. The fourth-order valence-electron chi connectivity index (χ4n) is 2.14. The lowest BCUT2D eigenvalue weighted by Gasteiger charge is -2.13. The second-order valence-electron chi connectivity index (χ2n) is 5.00. The van der Waals surface area contributed by atoms with Crippen LogP contribution in [0, 0.1) is 0 Å². The van der Waals surface area contributed by atoms with Gasteiger partial charge in [-0.3, -0.25) is 4.79 Å². The van der Waals surface area contributed by atoms with E-state index in [1.165, 1.54) is 18.2 Å². The molecule has 0 aliphatic rings. The van der Waals surface area contributed by atoms with Gasteiger partial charge in [0.25, 0.3) is 5.91 Å². The van der Waals surface area contributed by atoms with Gasteiger partial charge in [0, 0.05) is 12.1 Å². The van der Waals surface area contributed by atoms with Gasteiger partial charge >= 0.3 is 6.61 Å². The second kappa shape index (κ2) is 8.86. The minimum Gasteiger partial charge on any atom is -0.497 e. The number of amides is 1. The molecule has 0 aliphatic heterocycles. The summed E-state index contributed by atoms with van der Waals surface area (Å²) in [4.78, 5) is 12.3. The van der Waals surface area contributed by atoms with E-state index in [1.54, 1.807) is 26.2 Å². The Kier molecular flexibility index (Phi) is 6.56. The number of hydrogen-bond acceptors (Lipinski definition) is 4. The third-order valence-electron chi connectivity index (χ3n) is 3.33. The summed E-state index contributed by atoms with van der Waals surface area (Å²) < 4.78 is 39.5. The van der Waals surface area contributed by atoms with Crippen molar-refractivity contribution >= 4 is 5.91 Å². The molecule has 1 amide bonds. The van der Waals surface area contributed by atoms with Crippen molar-refractivity contribution in [3.05, 3.63) is 53.6 Å². The van der Waals surface area contributed by atoms with Crippen LogP contribution >= 0.6 is 0 Å². The maximum Gasteiger partial charge on any atom is 0.387 e. The van der Waals surface area contributed by atoms with E-state index in [0.717, 1.165) is 11.3 Å². The Morgan fingerprint density at radius 2 is 1.84 bits per heavy atom. The van der Waals surface area contributed by atoms with Gasteiger partial charge in [-0.25, -0.2) is 0 Å². The molecular formula is C18H19F2NO4. The highest BCUT2D eigenvalue weighted by molar-refractivity contribution is 5.94. The number of benzene rings is 2. The first-order valence-corrected chi connectivity index (χ1v) is 7.66. The van der Waals surface area contributed by atoms with E-state index in [9.17, 15) is 13.6 Å². The highest BCUT2D eigenvalue weighted by atomic mass is 19.3. The average Bonchev–Trinajstić information content (AvgIpc) is 2.61. The Balaban J connectivity index is 2.05. The van der Waals surface area contributed by atoms with Crippen molar-refractivity contribution in [1.82, 2.24) is 5.32 Å². The SMILES string of the molecule is CCOc1cc(C(=O)NCc2ccc(OC)cc2)ccc1OC(F)F. The lowest BCUT2D eigenvalue weighted by atomic mass is 10.1. The fourth-order valence-corrected chi connectivity index (χ4v) is 2.14. The number of rotatable bonds is 8. The standard InChI is InChI=1S/C18H19F2NO4/c1-3-24-16-10-13(6-9-15(16)25-18(19)20)17(22)21-11-12-4-7-14(23-2)8-5-12/h4-10,18H,3,11H2,1-2H3,(H,21,22). The molecule has 0 spiro atoms. The second-order valence-corrected chi connectivity index (χ2v) is 5.00. The fraction of sp³-hybridized carbons (Fsp3) is 0.278. The van der Waals surface area contributed by atoms with Crippen LogP contribution in [0.3, 0.4) is 0 Å². The van der Waals surface area contributed by atoms with Crippen LogP contribution in [0.5, 0.6) is 17.2 Å². The Bertz CT molecular complexity index is 705. The minimum absolute atomic E-state index is 0.0971. The first-order valence-electron chi connectivity index (χ1n) is 7.66. The maximum atomic E-state index is 12.4. The molecule has 0 fully saturated rings. The maximum absolute atomic E-state index is 12.4. The predicted octanol–water partition coefficient (Wildman–Crippen LogP) is 3.63. The largest absolute Gasteiger partial charge is 0.497 e. The summed E-state index contributed by atoms with van der Waals surface area (Å²) in [5.41, 5.74) is 1.19. The van der Waals surface area contributed by atoms with E-state index < -0.39 is 6.61 Å². The van der Waals surface area contributed by atoms with Crippen LogP contribution in [0.1, 0.15) is 22.8 Å². The lowest BCUT2D eigenvalue weighted by Crippen LogP contribution is -2.22. The van der Waals surface area contributed by atoms with Crippen LogP contribution in [-0.4, -0.2) is 26.2 Å². The summed E-state index contributed by atoms with van der Waals surface area (Å²) in [5.74, 6) is 0.370. The molecule has 0 atom stereocenters. The van der Waals surface area contributed by atoms with Gasteiger partial charge < -0.3 is 19.5 Å². The molecular weight excluding hydrogens is 332 g/mol. The van der Waals surface area contributed by atoms with Gasteiger partial charge in [0.15, 0.2) is 11.5 Å². The van der Waals surface area contributed by atoms with E-state index in [0.29, 0.717) is 12.1 Å².